The quantitative estimate of drug-likeness (QED) is 0.175. The predicted octanol–water partition coefficient (Wildman–Crippen LogP) is 6.67. The highest BCUT2D eigenvalue weighted by Gasteiger charge is 2.15. The molecular formula is C22H46O4S. The largest absolute Gasteiger partial charge is 0.393 e. The van der Waals surface area contributed by atoms with Gasteiger partial charge in [-0.25, -0.2) is 0 Å². The molecule has 0 spiro atoms. The van der Waals surface area contributed by atoms with Crippen molar-refractivity contribution in [2.75, 3.05) is 0 Å². The molecule has 0 aromatic carbocycles. The van der Waals surface area contributed by atoms with Gasteiger partial charge < -0.3 is 5.11 Å². The van der Waals surface area contributed by atoms with Crippen LogP contribution in [0.3, 0.4) is 0 Å². The van der Waals surface area contributed by atoms with Crippen LogP contribution in [-0.2, 0) is 10.1 Å². The van der Waals surface area contributed by atoms with E-state index in [0.29, 0.717) is 6.42 Å². The van der Waals surface area contributed by atoms with Crippen LogP contribution in [0.5, 0.6) is 0 Å². The fraction of sp³-hybridized carbons (Fsp3) is 1.00. The van der Waals surface area contributed by atoms with Gasteiger partial charge in [0, 0.05) is 0 Å². The van der Waals surface area contributed by atoms with Crippen LogP contribution in [0.4, 0.5) is 0 Å². The van der Waals surface area contributed by atoms with E-state index in [-0.39, 0.29) is 6.10 Å². The Morgan fingerprint density at radius 2 is 0.815 bits per heavy atom. The summed E-state index contributed by atoms with van der Waals surface area (Å²) < 4.78 is 30.7. The summed E-state index contributed by atoms with van der Waals surface area (Å²) in [5, 5.41) is 8.58. The SMILES string of the molecule is CC(O)CCCCCCCCCCCCCCCCCCC(C)S(=O)(=O)O. The maximum Gasteiger partial charge on any atom is 0.267 e. The van der Waals surface area contributed by atoms with Gasteiger partial charge in [0.1, 0.15) is 0 Å². The van der Waals surface area contributed by atoms with Crippen molar-refractivity contribution in [2.45, 2.75) is 141 Å². The Labute approximate surface area is 169 Å². The Morgan fingerprint density at radius 3 is 1.07 bits per heavy atom. The van der Waals surface area contributed by atoms with E-state index in [1.807, 2.05) is 6.92 Å². The minimum absolute atomic E-state index is 0.133. The van der Waals surface area contributed by atoms with Crippen LogP contribution in [0.15, 0.2) is 0 Å². The molecule has 0 amide bonds. The van der Waals surface area contributed by atoms with Crippen molar-refractivity contribution in [1.29, 1.82) is 0 Å². The van der Waals surface area contributed by atoms with Gasteiger partial charge in [0.15, 0.2) is 0 Å². The molecule has 0 aromatic heterocycles. The molecule has 2 atom stereocenters. The fourth-order valence-corrected chi connectivity index (χ4v) is 3.96. The van der Waals surface area contributed by atoms with E-state index >= 15 is 0 Å². The van der Waals surface area contributed by atoms with E-state index < -0.39 is 15.4 Å². The Morgan fingerprint density at radius 1 is 0.556 bits per heavy atom. The van der Waals surface area contributed by atoms with Crippen LogP contribution in [0.25, 0.3) is 0 Å². The van der Waals surface area contributed by atoms with E-state index in [1.165, 1.54) is 89.9 Å². The van der Waals surface area contributed by atoms with Crippen molar-refractivity contribution in [3.63, 3.8) is 0 Å². The minimum atomic E-state index is -3.84. The number of hydrogen-bond donors (Lipinski definition) is 2. The highest BCUT2D eigenvalue weighted by atomic mass is 32.2. The molecule has 0 aliphatic rings. The second-order valence-corrected chi connectivity index (χ2v) is 10.2. The zero-order valence-electron chi connectivity index (χ0n) is 18.0. The van der Waals surface area contributed by atoms with Crippen molar-refractivity contribution < 1.29 is 18.1 Å². The topological polar surface area (TPSA) is 74.6 Å². The lowest BCUT2D eigenvalue weighted by atomic mass is 10.0. The van der Waals surface area contributed by atoms with Crippen molar-refractivity contribution in [3.05, 3.63) is 0 Å². The predicted molar refractivity (Wildman–Crippen MR) is 116 cm³/mol. The third-order valence-electron chi connectivity index (χ3n) is 5.49. The average molecular weight is 407 g/mol. The molecule has 0 radical (unpaired) electrons. The zero-order valence-corrected chi connectivity index (χ0v) is 18.8. The van der Waals surface area contributed by atoms with Gasteiger partial charge in [-0.05, 0) is 26.7 Å². The molecule has 164 valence electrons. The van der Waals surface area contributed by atoms with Gasteiger partial charge in [-0.1, -0.05) is 103 Å². The number of aliphatic hydroxyl groups is 1. The number of unbranched alkanes of at least 4 members (excludes halogenated alkanes) is 15. The highest BCUT2D eigenvalue weighted by molar-refractivity contribution is 7.86. The summed E-state index contributed by atoms with van der Waals surface area (Å²) in [6.45, 7) is 3.45. The molecule has 4 nitrogen and oxygen atoms in total. The maximum atomic E-state index is 10.9. The van der Waals surface area contributed by atoms with Crippen molar-refractivity contribution in [2.24, 2.45) is 0 Å². The summed E-state index contributed by atoms with van der Waals surface area (Å²) in [6.07, 6.45) is 21.7. The molecule has 0 aromatic rings. The number of rotatable bonds is 20. The molecular weight excluding hydrogens is 360 g/mol. The van der Waals surface area contributed by atoms with Crippen LogP contribution in [0.2, 0.25) is 0 Å². The van der Waals surface area contributed by atoms with Gasteiger partial charge in [-0.2, -0.15) is 8.42 Å². The molecule has 5 heteroatoms. The molecule has 0 saturated heterocycles. The van der Waals surface area contributed by atoms with Crippen molar-refractivity contribution >= 4 is 10.1 Å². The van der Waals surface area contributed by atoms with Crippen molar-refractivity contribution in [1.82, 2.24) is 0 Å². The van der Waals surface area contributed by atoms with Gasteiger partial charge in [0.05, 0.1) is 11.4 Å². The molecule has 0 bridgehead atoms. The molecule has 0 aliphatic heterocycles. The van der Waals surface area contributed by atoms with E-state index in [1.54, 1.807) is 6.92 Å². The highest BCUT2D eigenvalue weighted by Crippen LogP contribution is 2.15. The fourth-order valence-electron chi connectivity index (χ4n) is 3.50. The first-order valence-electron chi connectivity index (χ1n) is 11.5. The van der Waals surface area contributed by atoms with E-state index in [2.05, 4.69) is 0 Å². The lowest BCUT2D eigenvalue weighted by Crippen LogP contribution is -2.16. The van der Waals surface area contributed by atoms with Gasteiger partial charge >= 0.3 is 0 Å². The second kappa shape index (κ2) is 17.9. The lowest BCUT2D eigenvalue weighted by Gasteiger charge is -2.07. The first-order chi connectivity index (χ1) is 12.8. The first kappa shape index (κ1) is 26.9. The van der Waals surface area contributed by atoms with Crippen LogP contribution < -0.4 is 0 Å². The Kier molecular flexibility index (Phi) is 17.8. The standard InChI is InChI=1S/C22H46O4S/c1-21(23)19-17-15-13-11-9-7-5-3-4-6-8-10-12-14-16-18-20-22(2)27(24,25)26/h21-23H,3-20H2,1-2H3,(H,24,25,26). The Hall–Kier alpha value is -0.130. The van der Waals surface area contributed by atoms with Crippen LogP contribution in [0, 0.1) is 0 Å². The van der Waals surface area contributed by atoms with Gasteiger partial charge in [-0.3, -0.25) is 4.55 Å². The summed E-state index contributed by atoms with van der Waals surface area (Å²) in [5.41, 5.74) is 0. The number of aliphatic hydroxyl groups excluding tert-OH is 1. The zero-order chi connectivity index (χ0) is 20.4. The van der Waals surface area contributed by atoms with E-state index in [0.717, 1.165) is 19.3 Å². The Balaban J connectivity index is 3.13. The van der Waals surface area contributed by atoms with Crippen LogP contribution in [-0.4, -0.2) is 29.4 Å². The molecule has 0 rings (SSSR count). The normalized spacial score (nSPS) is 14.4. The minimum Gasteiger partial charge on any atom is -0.393 e. The van der Waals surface area contributed by atoms with Crippen LogP contribution >= 0.6 is 0 Å². The van der Waals surface area contributed by atoms with Gasteiger partial charge in [0.2, 0.25) is 0 Å². The summed E-state index contributed by atoms with van der Waals surface area (Å²) in [4.78, 5) is 0. The molecule has 2 unspecified atom stereocenters. The molecule has 0 heterocycles. The smallest absolute Gasteiger partial charge is 0.267 e. The van der Waals surface area contributed by atoms with Gasteiger partial charge in [0.25, 0.3) is 10.1 Å². The summed E-state index contributed by atoms with van der Waals surface area (Å²) in [5.74, 6) is 0. The molecule has 0 fully saturated rings. The van der Waals surface area contributed by atoms with Crippen LogP contribution in [0.1, 0.15) is 129 Å². The summed E-state index contributed by atoms with van der Waals surface area (Å²) in [6, 6.07) is 0. The van der Waals surface area contributed by atoms with E-state index in [9.17, 15) is 13.5 Å². The van der Waals surface area contributed by atoms with Gasteiger partial charge in [-0.15, -0.1) is 0 Å². The van der Waals surface area contributed by atoms with E-state index in [4.69, 9.17) is 4.55 Å². The molecule has 0 aliphatic carbocycles. The number of hydrogen-bond acceptors (Lipinski definition) is 3. The summed E-state index contributed by atoms with van der Waals surface area (Å²) in [7, 11) is -3.84. The second-order valence-electron chi connectivity index (χ2n) is 8.41. The maximum absolute atomic E-state index is 10.9. The average Bonchev–Trinajstić information content (AvgIpc) is 2.59. The third kappa shape index (κ3) is 20.4. The molecule has 27 heavy (non-hydrogen) atoms. The lowest BCUT2D eigenvalue weighted by molar-refractivity contribution is 0.180. The molecule has 0 saturated carbocycles. The monoisotopic (exact) mass is 406 g/mol. The molecule has 2 N–H and O–H groups in total. The summed E-state index contributed by atoms with van der Waals surface area (Å²) >= 11 is 0. The Bertz CT molecular complexity index is 407. The first-order valence-corrected chi connectivity index (χ1v) is 13.0. The van der Waals surface area contributed by atoms with Crippen molar-refractivity contribution in [3.8, 4) is 0 Å². The third-order valence-corrected chi connectivity index (χ3v) is 6.74.